The van der Waals surface area contributed by atoms with Crippen molar-refractivity contribution < 1.29 is 5.11 Å². The maximum absolute atomic E-state index is 9.99. The number of hydrogen-bond acceptors (Lipinski definition) is 5. The quantitative estimate of drug-likeness (QED) is 0.534. The van der Waals surface area contributed by atoms with Crippen molar-refractivity contribution in [2.75, 3.05) is 0 Å². The molecule has 0 amide bonds. The van der Waals surface area contributed by atoms with Crippen molar-refractivity contribution in [1.82, 2.24) is 15.0 Å². The van der Waals surface area contributed by atoms with Crippen LogP contribution in [0.3, 0.4) is 0 Å². The summed E-state index contributed by atoms with van der Waals surface area (Å²) < 4.78 is 0. The molecule has 0 aliphatic carbocycles. The number of aromatic nitrogens is 3. The first-order valence-corrected chi connectivity index (χ1v) is 6.33. The van der Waals surface area contributed by atoms with E-state index >= 15 is 0 Å². The fourth-order valence-electron chi connectivity index (χ4n) is 1.61. The topological polar surface area (TPSA) is 71.3 Å². The van der Waals surface area contributed by atoms with E-state index in [-0.39, 0.29) is 16.1 Å². The molecule has 0 spiro atoms. The number of aliphatic imine (C=N–C) groups is 1. The van der Waals surface area contributed by atoms with Crippen LogP contribution in [0.25, 0.3) is 16.5 Å². The van der Waals surface area contributed by atoms with Crippen LogP contribution in [0, 0.1) is 0 Å². The number of nitrogens with zero attached hydrogens (tertiary/aromatic N) is 4. The van der Waals surface area contributed by atoms with Gasteiger partial charge in [-0.15, -0.1) is 0 Å². The summed E-state index contributed by atoms with van der Waals surface area (Å²) in [5.41, 5.74) is 1.04. The molecule has 1 N–H and O–H groups in total. The molecule has 2 rings (SSSR count). The van der Waals surface area contributed by atoms with Crippen LogP contribution in [0.1, 0.15) is 12.7 Å². The molecule has 0 aliphatic rings. The second-order valence-electron chi connectivity index (χ2n) is 3.76. The van der Waals surface area contributed by atoms with Gasteiger partial charge in [0.05, 0.1) is 22.1 Å². The number of aromatic hydroxyl groups is 1. The Labute approximate surface area is 125 Å². The van der Waals surface area contributed by atoms with Gasteiger partial charge in [0.2, 0.25) is 5.88 Å². The molecule has 102 valence electrons. The molecule has 0 atom stereocenters. The second-order valence-corrected chi connectivity index (χ2v) is 4.55. The van der Waals surface area contributed by atoms with Gasteiger partial charge in [0.25, 0.3) is 0 Å². The van der Waals surface area contributed by atoms with Crippen LogP contribution >= 0.6 is 23.2 Å². The van der Waals surface area contributed by atoms with Crippen LogP contribution in [-0.2, 0) is 0 Å². The highest BCUT2D eigenvalue weighted by atomic mass is 35.5. The number of halogens is 2. The van der Waals surface area contributed by atoms with Gasteiger partial charge in [-0.25, -0.2) is 4.98 Å². The van der Waals surface area contributed by atoms with Crippen molar-refractivity contribution in [2.45, 2.75) is 6.92 Å². The van der Waals surface area contributed by atoms with Gasteiger partial charge in [-0.1, -0.05) is 29.3 Å². The molecule has 7 heteroatoms. The lowest BCUT2D eigenvalue weighted by Crippen LogP contribution is -1.95. The molecule has 0 unspecified atom stereocenters. The molecule has 0 saturated heterocycles. The van der Waals surface area contributed by atoms with Crippen LogP contribution in [0.4, 0.5) is 0 Å². The predicted octanol–water partition coefficient (Wildman–Crippen LogP) is 3.57. The van der Waals surface area contributed by atoms with Gasteiger partial charge in [0.15, 0.2) is 5.82 Å². The molecule has 0 fully saturated rings. The average molecular weight is 309 g/mol. The normalized spacial score (nSPS) is 12.8. The fraction of sp³-hybridized carbons (Fsp3) is 0.0769. The number of rotatable bonds is 3. The molecular formula is C13H10Cl2N4O. The van der Waals surface area contributed by atoms with Gasteiger partial charge in [-0.3, -0.25) is 9.98 Å². The Balaban J connectivity index is 2.65. The highest BCUT2D eigenvalue weighted by Gasteiger charge is 2.12. The minimum Gasteiger partial charge on any atom is -0.493 e. The number of pyridine rings is 1. The Kier molecular flexibility index (Phi) is 4.32. The minimum atomic E-state index is -0.215. The third-order valence-electron chi connectivity index (χ3n) is 2.54. The van der Waals surface area contributed by atoms with Gasteiger partial charge in [-0.05, 0) is 19.7 Å². The van der Waals surface area contributed by atoms with E-state index in [4.69, 9.17) is 23.2 Å². The van der Waals surface area contributed by atoms with Gasteiger partial charge in [-0.2, -0.15) is 4.98 Å². The minimum absolute atomic E-state index is 0.200. The lowest BCUT2D eigenvalue weighted by atomic mass is 10.2. The van der Waals surface area contributed by atoms with E-state index in [1.165, 1.54) is 12.4 Å². The van der Waals surface area contributed by atoms with Crippen LogP contribution in [0.15, 0.2) is 34.7 Å². The Morgan fingerprint density at radius 2 is 2.15 bits per heavy atom. The van der Waals surface area contributed by atoms with Gasteiger partial charge >= 0.3 is 0 Å². The Morgan fingerprint density at radius 1 is 1.40 bits per heavy atom. The van der Waals surface area contributed by atoms with E-state index in [1.54, 1.807) is 19.1 Å². The van der Waals surface area contributed by atoms with Crippen LogP contribution in [0.5, 0.6) is 5.88 Å². The second kappa shape index (κ2) is 5.98. The molecular weight excluding hydrogens is 299 g/mol. The maximum Gasteiger partial charge on any atom is 0.224 e. The third kappa shape index (κ3) is 2.79. The zero-order valence-corrected chi connectivity index (χ0v) is 12.0. The maximum atomic E-state index is 9.99. The molecule has 0 radical (unpaired) electrons. The lowest BCUT2D eigenvalue weighted by molar-refractivity contribution is 0.458. The molecule has 5 nitrogen and oxygen atoms in total. The largest absolute Gasteiger partial charge is 0.493 e. The SMILES string of the molecule is C=N/C(Cl)=C\C(=C/C)c1nc(O)c2c(Cl)cncc2n1. The highest BCUT2D eigenvalue weighted by Crippen LogP contribution is 2.29. The zero-order chi connectivity index (χ0) is 14.7. The summed E-state index contributed by atoms with van der Waals surface area (Å²) in [6, 6.07) is 0. The first-order chi connectivity index (χ1) is 9.56. The summed E-state index contributed by atoms with van der Waals surface area (Å²) in [7, 11) is 0. The summed E-state index contributed by atoms with van der Waals surface area (Å²) in [5, 5.41) is 10.8. The van der Waals surface area contributed by atoms with Crippen molar-refractivity contribution in [1.29, 1.82) is 0 Å². The summed E-state index contributed by atoms with van der Waals surface area (Å²) >= 11 is 11.8. The van der Waals surface area contributed by atoms with Crippen LogP contribution in [-0.4, -0.2) is 26.8 Å². The Morgan fingerprint density at radius 3 is 2.80 bits per heavy atom. The molecule has 0 saturated carbocycles. The lowest BCUT2D eigenvalue weighted by Gasteiger charge is -2.06. The summed E-state index contributed by atoms with van der Waals surface area (Å²) in [6.45, 7) is 5.12. The molecule has 20 heavy (non-hydrogen) atoms. The van der Waals surface area contributed by atoms with Crippen LogP contribution in [0.2, 0.25) is 5.02 Å². The predicted molar refractivity (Wildman–Crippen MR) is 81.1 cm³/mol. The van der Waals surface area contributed by atoms with E-state index in [0.717, 1.165) is 0 Å². The first-order valence-electron chi connectivity index (χ1n) is 5.57. The zero-order valence-electron chi connectivity index (χ0n) is 10.5. The summed E-state index contributed by atoms with van der Waals surface area (Å²) in [4.78, 5) is 15.8. The third-order valence-corrected chi connectivity index (χ3v) is 3.05. The smallest absolute Gasteiger partial charge is 0.224 e. The monoisotopic (exact) mass is 308 g/mol. The van der Waals surface area contributed by atoms with Crippen molar-refractivity contribution in [3.05, 3.63) is 40.5 Å². The van der Waals surface area contributed by atoms with Gasteiger partial charge in [0.1, 0.15) is 5.16 Å². The van der Waals surface area contributed by atoms with E-state index in [1.807, 2.05) is 0 Å². The summed E-state index contributed by atoms with van der Waals surface area (Å²) in [6.07, 6.45) is 6.21. The highest BCUT2D eigenvalue weighted by molar-refractivity contribution is 6.35. The first kappa shape index (κ1) is 14.4. The summed E-state index contributed by atoms with van der Waals surface area (Å²) in [5.74, 6) is 0.0798. The van der Waals surface area contributed by atoms with Crippen molar-refractivity contribution in [3.8, 4) is 5.88 Å². The number of allylic oxidation sites excluding steroid dienone is 3. The number of hydrogen-bond donors (Lipinski definition) is 1. The van der Waals surface area contributed by atoms with Crippen molar-refractivity contribution in [3.63, 3.8) is 0 Å². The molecule has 0 bridgehead atoms. The van der Waals surface area contributed by atoms with E-state index in [9.17, 15) is 5.11 Å². The molecule has 2 aromatic heterocycles. The average Bonchev–Trinajstić information content (AvgIpc) is 2.44. The molecule has 2 heterocycles. The Bertz CT molecular complexity index is 740. The standard InChI is InChI=1S/C13H10Cl2N4O/c1-3-7(4-10(15)16-2)12-18-9-6-17-5-8(14)11(9)13(20)19-12/h3-6H,2H2,1H3,(H,18,19,20)/b7-3+,10-4-. The molecule has 2 aromatic rings. The van der Waals surface area contributed by atoms with Gasteiger partial charge in [0, 0.05) is 11.8 Å². The van der Waals surface area contributed by atoms with E-state index in [2.05, 4.69) is 26.7 Å². The van der Waals surface area contributed by atoms with Gasteiger partial charge < -0.3 is 5.11 Å². The van der Waals surface area contributed by atoms with Crippen LogP contribution < -0.4 is 0 Å². The number of fused-ring (bicyclic) bond motifs is 1. The molecule has 0 aliphatic heterocycles. The van der Waals surface area contributed by atoms with Crippen molar-refractivity contribution in [2.24, 2.45) is 4.99 Å². The fourth-order valence-corrected chi connectivity index (χ4v) is 1.96. The molecule has 0 aromatic carbocycles. The Hall–Kier alpha value is -1.98. The van der Waals surface area contributed by atoms with Crippen molar-refractivity contribution >= 4 is 46.4 Å². The van der Waals surface area contributed by atoms with E-state index < -0.39 is 0 Å². The van der Waals surface area contributed by atoms with E-state index in [0.29, 0.717) is 22.3 Å².